The van der Waals surface area contributed by atoms with Gasteiger partial charge in [-0.2, -0.15) is 0 Å². The molecule has 0 amide bonds. The molecule has 0 spiro atoms. The molecule has 7 heteroatoms. The fourth-order valence-corrected chi connectivity index (χ4v) is 3.57. The number of aliphatic hydroxyl groups excluding tert-OH is 1. The summed E-state index contributed by atoms with van der Waals surface area (Å²) in [6.07, 6.45) is 1.22. The van der Waals surface area contributed by atoms with Crippen LogP contribution in [0.3, 0.4) is 0 Å². The largest absolute Gasteiger partial charge is 0.392 e. The Labute approximate surface area is 117 Å². The van der Waals surface area contributed by atoms with Crippen LogP contribution in [0.25, 0.3) is 0 Å². The standard InChI is InChI=1S/C13H18FNO4S/c1-9-6-11(4-5-19-9)15-20(17,18)12-2-3-13(14)10(7-12)8-16/h2-3,7,9,11,15-16H,4-6,8H2,1H3. The van der Waals surface area contributed by atoms with Gasteiger partial charge in [-0.1, -0.05) is 0 Å². The molecule has 0 aromatic heterocycles. The zero-order chi connectivity index (χ0) is 14.8. The minimum absolute atomic E-state index is 0.0117. The smallest absolute Gasteiger partial charge is 0.240 e. The van der Waals surface area contributed by atoms with Crippen molar-refractivity contribution in [1.82, 2.24) is 4.72 Å². The Balaban J connectivity index is 2.17. The van der Waals surface area contributed by atoms with Crippen LogP contribution in [0, 0.1) is 5.82 Å². The molecule has 0 radical (unpaired) electrons. The van der Waals surface area contributed by atoms with Crippen molar-refractivity contribution in [3.8, 4) is 0 Å². The lowest BCUT2D eigenvalue weighted by Crippen LogP contribution is -2.41. The van der Waals surface area contributed by atoms with Gasteiger partial charge in [-0.05, 0) is 38.0 Å². The van der Waals surface area contributed by atoms with Crippen LogP contribution in [0.15, 0.2) is 23.1 Å². The summed E-state index contributed by atoms with van der Waals surface area (Å²) in [4.78, 5) is -0.0397. The SMILES string of the molecule is CC1CC(NS(=O)(=O)c2ccc(F)c(CO)c2)CCO1. The number of sulfonamides is 1. The molecule has 1 saturated heterocycles. The molecule has 1 aromatic carbocycles. The molecule has 0 bridgehead atoms. The molecule has 2 atom stereocenters. The molecule has 2 N–H and O–H groups in total. The molecule has 0 aliphatic carbocycles. The highest BCUT2D eigenvalue weighted by molar-refractivity contribution is 7.89. The third-order valence-corrected chi connectivity index (χ3v) is 4.82. The molecule has 1 aliphatic rings. The van der Waals surface area contributed by atoms with Crippen molar-refractivity contribution in [2.24, 2.45) is 0 Å². The molecule has 5 nitrogen and oxygen atoms in total. The van der Waals surface area contributed by atoms with Gasteiger partial charge in [0, 0.05) is 18.2 Å². The second-order valence-electron chi connectivity index (χ2n) is 4.94. The van der Waals surface area contributed by atoms with Crippen LogP contribution in [-0.4, -0.2) is 32.3 Å². The van der Waals surface area contributed by atoms with Crippen molar-refractivity contribution in [3.05, 3.63) is 29.6 Å². The number of hydrogen-bond acceptors (Lipinski definition) is 4. The molecule has 2 rings (SSSR count). The average molecular weight is 303 g/mol. The average Bonchev–Trinajstić information content (AvgIpc) is 2.38. The molecule has 1 heterocycles. The van der Waals surface area contributed by atoms with E-state index in [1.54, 1.807) is 0 Å². The number of nitrogens with one attached hydrogen (secondary N) is 1. The number of benzene rings is 1. The van der Waals surface area contributed by atoms with E-state index in [1.165, 1.54) is 6.07 Å². The van der Waals surface area contributed by atoms with Gasteiger partial charge >= 0.3 is 0 Å². The Morgan fingerprint density at radius 2 is 2.25 bits per heavy atom. The van der Waals surface area contributed by atoms with Crippen molar-refractivity contribution in [1.29, 1.82) is 0 Å². The molecule has 0 saturated carbocycles. The molecule has 20 heavy (non-hydrogen) atoms. The van der Waals surface area contributed by atoms with Crippen LogP contribution in [-0.2, 0) is 21.4 Å². The summed E-state index contributed by atoms with van der Waals surface area (Å²) in [6, 6.07) is 3.21. The molecule has 2 unspecified atom stereocenters. The first kappa shape index (κ1) is 15.4. The third-order valence-electron chi connectivity index (χ3n) is 3.30. The van der Waals surface area contributed by atoms with Crippen molar-refractivity contribution >= 4 is 10.0 Å². The number of ether oxygens (including phenoxy) is 1. The lowest BCUT2D eigenvalue weighted by Gasteiger charge is -2.27. The van der Waals surface area contributed by atoms with Crippen molar-refractivity contribution in [3.63, 3.8) is 0 Å². The van der Waals surface area contributed by atoms with Crippen molar-refractivity contribution in [2.45, 2.75) is 43.4 Å². The second-order valence-corrected chi connectivity index (χ2v) is 6.65. The predicted molar refractivity (Wildman–Crippen MR) is 71.1 cm³/mol. The minimum atomic E-state index is -3.72. The minimum Gasteiger partial charge on any atom is -0.392 e. The Hall–Kier alpha value is -1.02. The topological polar surface area (TPSA) is 75.6 Å². The van der Waals surface area contributed by atoms with E-state index in [0.717, 1.165) is 12.1 Å². The monoisotopic (exact) mass is 303 g/mol. The molecule has 112 valence electrons. The van der Waals surface area contributed by atoms with Crippen molar-refractivity contribution in [2.75, 3.05) is 6.61 Å². The fraction of sp³-hybridized carbons (Fsp3) is 0.538. The summed E-state index contributed by atoms with van der Waals surface area (Å²) < 4.78 is 45.7. The number of halogens is 1. The van der Waals surface area contributed by atoms with E-state index >= 15 is 0 Å². The maximum Gasteiger partial charge on any atom is 0.240 e. The van der Waals surface area contributed by atoms with E-state index in [2.05, 4.69) is 4.72 Å². The zero-order valence-corrected chi connectivity index (χ0v) is 12.0. The Morgan fingerprint density at radius 1 is 1.50 bits per heavy atom. The predicted octanol–water partition coefficient (Wildman–Crippen LogP) is 1.16. The van der Waals surface area contributed by atoms with Gasteiger partial charge in [0.1, 0.15) is 5.82 Å². The Kier molecular flexibility index (Phi) is 4.74. The van der Waals surface area contributed by atoms with Gasteiger partial charge in [0.25, 0.3) is 0 Å². The summed E-state index contributed by atoms with van der Waals surface area (Å²) in [5, 5.41) is 8.99. The zero-order valence-electron chi connectivity index (χ0n) is 11.2. The molecular formula is C13H18FNO4S. The summed E-state index contributed by atoms with van der Waals surface area (Å²) in [6.45, 7) is 1.87. The van der Waals surface area contributed by atoms with Crippen LogP contribution in [0.5, 0.6) is 0 Å². The van der Waals surface area contributed by atoms with Crippen LogP contribution in [0.1, 0.15) is 25.3 Å². The van der Waals surface area contributed by atoms with E-state index in [1.807, 2.05) is 6.92 Å². The lowest BCUT2D eigenvalue weighted by molar-refractivity contribution is 0.0173. The summed E-state index contributed by atoms with van der Waals surface area (Å²) in [5.74, 6) is -0.619. The highest BCUT2D eigenvalue weighted by Crippen LogP contribution is 2.19. The van der Waals surface area contributed by atoms with E-state index in [4.69, 9.17) is 9.84 Å². The van der Waals surface area contributed by atoms with E-state index in [9.17, 15) is 12.8 Å². The second kappa shape index (κ2) is 6.17. The lowest BCUT2D eigenvalue weighted by atomic mass is 10.1. The number of hydrogen-bond donors (Lipinski definition) is 2. The summed E-state index contributed by atoms with van der Waals surface area (Å²) in [5.41, 5.74) is -0.0341. The highest BCUT2D eigenvalue weighted by Gasteiger charge is 2.25. The quantitative estimate of drug-likeness (QED) is 0.875. The molecular weight excluding hydrogens is 285 g/mol. The summed E-state index contributed by atoms with van der Waals surface area (Å²) in [7, 11) is -3.72. The Morgan fingerprint density at radius 3 is 2.90 bits per heavy atom. The maximum absolute atomic E-state index is 13.3. The van der Waals surface area contributed by atoms with Gasteiger partial charge in [0.05, 0.1) is 17.6 Å². The van der Waals surface area contributed by atoms with E-state index < -0.39 is 22.4 Å². The summed E-state index contributed by atoms with van der Waals surface area (Å²) >= 11 is 0. The van der Waals surface area contributed by atoms with Gasteiger partial charge in [-0.25, -0.2) is 17.5 Å². The van der Waals surface area contributed by atoms with Gasteiger partial charge in [0.2, 0.25) is 10.0 Å². The highest BCUT2D eigenvalue weighted by atomic mass is 32.2. The van der Waals surface area contributed by atoms with Gasteiger partial charge in [-0.15, -0.1) is 0 Å². The first-order valence-electron chi connectivity index (χ1n) is 6.45. The number of rotatable bonds is 4. The molecule has 1 aliphatic heterocycles. The Bertz CT molecular complexity index is 576. The first-order chi connectivity index (χ1) is 9.42. The van der Waals surface area contributed by atoms with Crippen LogP contribution < -0.4 is 4.72 Å². The van der Waals surface area contributed by atoms with Crippen LogP contribution in [0.2, 0.25) is 0 Å². The van der Waals surface area contributed by atoms with E-state index in [0.29, 0.717) is 19.4 Å². The fourth-order valence-electron chi connectivity index (χ4n) is 2.23. The third kappa shape index (κ3) is 3.54. The van der Waals surface area contributed by atoms with Crippen LogP contribution in [0.4, 0.5) is 4.39 Å². The van der Waals surface area contributed by atoms with E-state index in [-0.39, 0.29) is 22.6 Å². The first-order valence-corrected chi connectivity index (χ1v) is 7.94. The van der Waals surface area contributed by atoms with Crippen molar-refractivity contribution < 1.29 is 22.7 Å². The molecule has 1 fully saturated rings. The molecule has 1 aromatic rings. The van der Waals surface area contributed by atoms with Gasteiger partial charge in [-0.3, -0.25) is 0 Å². The number of aliphatic hydroxyl groups is 1. The van der Waals surface area contributed by atoms with Crippen LogP contribution >= 0.6 is 0 Å². The van der Waals surface area contributed by atoms with Gasteiger partial charge in [0.15, 0.2) is 0 Å². The van der Waals surface area contributed by atoms with Gasteiger partial charge < -0.3 is 9.84 Å². The normalized spacial score (nSPS) is 23.8. The maximum atomic E-state index is 13.3.